The standard InChI is InChI=1S/C19H19N3/c1-2-14-12-17(14)16-10-6-7-11-19(16)22-13-18(20-21-22)15-8-4-3-5-9-15/h3-11,13-14,17H,2,12H2,1H3. The van der Waals surface area contributed by atoms with Crippen molar-refractivity contribution in [1.82, 2.24) is 15.0 Å². The van der Waals surface area contributed by atoms with E-state index in [1.54, 1.807) is 0 Å². The Hall–Kier alpha value is -2.42. The topological polar surface area (TPSA) is 30.7 Å². The largest absolute Gasteiger partial charge is 0.220 e. The van der Waals surface area contributed by atoms with Crippen LogP contribution in [0.1, 0.15) is 31.2 Å². The zero-order chi connectivity index (χ0) is 14.9. The summed E-state index contributed by atoms with van der Waals surface area (Å²) in [6.07, 6.45) is 4.58. The van der Waals surface area contributed by atoms with E-state index in [0.717, 1.165) is 22.9 Å². The summed E-state index contributed by atoms with van der Waals surface area (Å²) in [4.78, 5) is 0. The fourth-order valence-corrected chi connectivity index (χ4v) is 3.21. The Morgan fingerprint density at radius 1 is 1.05 bits per heavy atom. The van der Waals surface area contributed by atoms with Crippen molar-refractivity contribution in [2.24, 2.45) is 5.92 Å². The van der Waals surface area contributed by atoms with E-state index >= 15 is 0 Å². The van der Waals surface area contributed by atoms with Crippen LogP contribution in [0.15, 0.2) is 60.8 Å². The molecule has 3 nitrogen and oxygen atoms in total. The summed E-state index contributed by atoms with van der Waals surface area (Å²) in [5.74, 6) is 1.52. The van der Waals surface area contributed by atoms with Crippen molar-refractivity contribution >= 4 is 0 Å². The maximum absolute atomic E-state index is 4.35. The van der Waals surface area contributed by atoms with Gasteiger partial charge in [0.05, 0.1) is 11.9 Å². The van der Waals surface area contributed by atoms with E-state index in [1.165, 1.54) is 18.4 Å². The van der Waals surface area contributed by atoms with Crippen molar-refractivity contribution in [3.63, 3.8) is 0 Å². The van der Waals surface area contributed by atoms with E-state index in [9.17, 15) is 0 Å². The lowest BCUT2D eigenvalue weighted by molar-refractivity contribution is 0.750. The molecule has 2 atom stereocenters. The molecule has 0 spiro atoms. The molecule has 1 heterocycles. The van der Waals surface area contributed by atoms with Gasteiger partial charge in [-0.2, -0.15) is 0 Å². The van der Waals surface area contributed by atoms with Crippen LogP contribution in [0.4, 0.5) is 0 Å². The lowest BCUT2D eigenvalue weighted by Crippen LogP contribution is -2.00. The molecule has 0 N–H and O–H groups in total. The zero-order valence-electron chi connectivity index (χ0n) is 12.7. The molecule has 110 valence electrons. The molecule has 0 saturated heterocycles. The normalized spacial score (nSPS) is 20.0. The molecule has 22 heavy (non-hydrogen) atoms. The van der Waals surface area contributed by atoms with Crippen LogP contribution in [0.25, 0.3) is 16.9 Å². The molecule has 3 heteroatoms. The second-order valence-electron chi connectivity index (χ2n) is 5.98. The first-order valence-corrected chi connectivity index (χ1v) is 7.94. The average Bonchev–Trinajstić information content (AvgIpc) is 3.22. The van der Waals surface area contributed by atoms with Gasteiger partial charge in [-0.15, -0.1) is 5.10 Å². The average molecular weight is 289 g/mol. The van der Waals surface area contributed by atoms with E-state index < -0.39 is 0 Å². The number of hydrogen-bond acceptors (Lipinski definition) is 2. The van der Waals surface area contributed by atoms with Gasteiger partial charge in [-0.25, -0.2) is 4.68 Å². The monoisotopic (exact) mass is 289 g/mol. The Bertz CT molecular complexity index is 776. The van der Waals surface area contributed by atoms with Crippen LogP contribution in [0.3, 0.4) is 0 Å². The molecule has 1 aliphatic carbocycles. The minimum absolute atomic E-state index is 0.686. The van der Waals surface area contributed by atoms with Crippen LogP contribution >= 0.6 is 0 Å². The van der Waals surface area contributed by atoms with Gasteiger partial charge in [0.1, 0.15) is 5.69 Å². The minimum atomic E-state index is 0.686. The Morgan fingerprint density at radius 2 is 1.82 bits per heavy atom. The molecule has 0 radical (unpaired) electrons. The Morgan fingerprint density at radius 3 is 2.59 bits per heavy atom. The summed E-state index contributed by atoms with van der Waals surface area (Å²) in [6.45, 7) is 2.27. The van der Waals surface area contributed by atoms with Gasteiger partial charge in [-0.1, -0.05) is 67.1 Å². The van der Waals surface area contributed by atoms with Gasteiger partial charge in [0.2, 0.25) is 0 Å². The number of aromatic nitrogens is 3. The van der Waals surface area contributed by atoms with Crippen LogP contribution in [-0.4, -0.2) is 15.0 Å². The first-order chi connectivity index (χ1) is 10.9. The van der Waals surface area contributed by atoms with Gasteiger partial charge in [-0.3, -0.25) is 0 Å². The summed E-state index contributed by atoms with van der Waals surface area (Å²) >= 11 is 0. The molecular weight excluding hydrogens is 270 g/mol. The van der Waals surface area contributed by atoms with Crippen LogP contribution in [0, 0.1) is 5.92 Å². The van der Waals surface area contributed by atoms with Gasteiger partial charge in [0, 0.05) is 5.56 Å². The number of nitrogens with zero attached hydrogens (tertiary/aromatic N) is 3. The number of benzene rings is 2. The maximum Gasteiger partial charge on any atom is 0.113 e. The second kappa shape index (κ2) is 5.41. The van der Waals surface area contributed by atoms with Crippen LogP contribution in [0.5, 0.6) is 0 Å². The van der Waals surface area contributed by atoms with Crippen molar-refractivity contribution in [1.29, 1.82) is 0 Å². The predicted octanol–water partition coefficient (Wildman–Crippen LogP) is 4.45. The van der Waals surface area contributed by atoms with Crippen molar-refractivity contribution in [3.8, 4) is 16.9 Å². The van der Waals surface area contributed by atoms with Gasteiger partial charge < -0.3 is 0 Å². The number of para-hydroxylation sites is 1. The molecule has 1 fully saturated rings. The van der Waals surface area contributed by atoms with Crippen molar-refractivity contribution in [2.45, 2.75) is 25.7 Å². The Kier molecular flexibility index (Phi) is 3.26. The van der Waals surface area contributed by atoms with Gasteiger partial charge in [0.15, 0.2) is 0 Å². The minimum Gasteiger partial charge on any atom is -0.220 e. The van der Waals surface area contributed by atoms with Crippen LogP contribution in [-0.2, 0) is 0 Å². The summed E-state index contributed by atoms with van der Waals surface area (Å²) in [5.41, 5.74) is 4.58. The van der Waals surface area contributed by atoms with Gasteiger partial charge >= 0.3 is 0 Å². The highest BCUT2D eigenvalue weighted by Gasteiger charge is 2.38. The van der Waals surface area contributed by atoms with Crippen molar-refractivity contribution in [2.75, 3.05) is 0 Å². The second-order valence-corrected chi connectivity index (χ2v) is 5.98. The lowest BCUT2D eigenvalue weighted by atomic mass is 10.1. The fourth-order valence-electron chi connectivity index (χ4n) is 3.21. The van der Waals surface area contributed by atoms with Gasteiger partial charge in [-0.05, 0) is 29.9 Å². The number of rotatable bonds is 4. The molecule has 2 unspecified atom stereocenters. The fraction of sp³-hybridized carbons (Fsp3) is 0.263. The summed E-state index contributed by atoms with van der Waals surface area (Å²) in [6, 6.07) is 18.8. The molecule has 0 aliphatic heterocycles. The molecule has 1 aromatic heterocycles. The molecule has 2 aromatic carbocycles. The summed E-state index contributed by atoms with van der Waals surface area (Å²) in [5, 5.41) is 8.69. The highest BCUT2D eigenvalue weighted by molar-refractivity contribution is 5.58. The van der Waals surface area contributed by atoms with E-state index in [4.69, 9.17) is 0 Å². The first kappa shape index (κ1) is 13.3. The van der Waals surface area contributed by atoms with E-state index in [2.05, 4.69) is 53.6 Å². The van der Waals surface area contributed by atoms with Crippen LogP contribution in [0.2, 0.25) is 0 Å². The Balaban J connectivity index is 1.70. The molecule has 1 aliphatic rings. The van der Waals surface area contributed by atoms with Crippen molar-refractivity contribution < 1.29 is 0 Å². The lowest BCUT2D eigenvalue weighted by Gasteiger charge is -2.08. The van der Waals surface area contributed by atoms with Crippen molar-refractivity contribution in [3.05, 3.63) is 66.4 Å². The molecule has 0 amide bonds. The molecule has 4 rings (SSSR count). The third kappa shape index (κ3) is 2.33. The zero-order valence-corrected chi connectivity index (χ0v) is 12.7. The maximum atomic E-state index is 4.35. The summed E-state index contributed by atoms with van der Waals surface area (Å²) in [7, 11) is 0. The van der Waals surface area contributed by atoms with E-state index in [-0.39, 0.29) is 0 Å². The third-order valence-corrected chi connectivity index (χ3v) is 4.59. The summed E-state index contributed by atoms with van der Waals surface area (Å²) < 4.78 is 1.92. The van der Waals surface area contributed by atoms with Crippen LogP contribution < -0.4 is 0 Å². The molecule has 3 aromatic rings. The Labute approximate surface area is 130 Å². The van der Waals surface area contributed by atoms with E-state index in [0.29, 0.717) is 5.92 Å². The highest BCUT2D eigenvalue weighted by Crippen LogP contribution is 2.50. The molecular formula is C19H19N3. The highest BCUT2D eigenvalue weighted by atomic mass is 15.4. The first-order valence-electron chi connectivity index (χ1n) is 7.94. The predicted molar refractivity (Wildman–Crippen MR) is 87.9 cm³/mol. The number of hydrogen-bond donors (Lipinski definition) is 0. The van der Waals surface area contributed by atoms with E-state index in [1.807, 2.05) is 29.1 Å². The third-order valence-electron chi connectivity index (χ3n) is 4.59. The SMILES string of the molecule is CCC1CC1c1ccccc1-n1cc(-c2ccccc2)nn1. The smallest absolute Gasteiger partial charge is 0.113 e. The van der Waals surface area contributed by atoms with Gasteiger partial charge in [0.25, 0.3) is 0 Å². The quantitative estimate of drug-likeness (QED) is 0.710. The molecule has 1 saturated carbocycles. The molecule has 0 bridgehead atoms.